The van der Waals surface area contributed by atoms with Gasteiger partial charge in [-0.3, -0.25) is 4.57 Å². The van der Waals surface area contributed by atoms with E-state index in [1.165, 1.54) is 0 Å². The fraction of sp³-hybridized carbons (Fsp3) is 0.312. The number of aromatic nitrogens is 4. The normalized spacial score (nSPS) is 12.5. The van der Waals surface area contributed by atoms with Crippen molar-refractivity contribution < 1.29 is 4.52 Å². The molecule has 3 rings (SSSR count). The van der Waals surface area contributed by atoms with Gasteiger partial charge in [0.25, 0.3) is 0 Å². The minimum atomic E-state index is 0.0460. The van der Waals surface area contributed by atoms with Crippen LogP contribution >= 0.6 is 27.7 Å². The van der Waals surface area contributed by atoms with Crippen LogP contribution in [0.3, 0.4) is 0 Å². The van der Waals surface area contributed by atoms with E-state index in [2.05, 4.69) is 49.5 Å². The number of imidazole rings is 1. The number of hydrogen-bond acceptors (Lipinski definition) is 5. The van der Waals surface area contributed by atoms with E-state index in [4.69, 9.17) is 4.52 Å². The van der Waals surface area contributed by atoms with Crippen LogP contribution in [0.2, 0.25) is 0 Å². The monoisotopic (exact) mass is 392 g/mol. The van der Waals surface area contributed by atoms with E-state index < -0.39 is 0 Å². The van der Waals surface area contributed by atoms with Gasteiger partial charge in [0.15, 0.2) is 11.0 Å². The van der Waals surface area contributed by atoms with Crippen molar-refractivity contribution in [2.24, 2.45) is 0 Å². The van der Waals surface area contributed by atoms with Crippen molar-refractivity contribution in [3.05, 3.63) is 52.8 Å². The Labute approximate surface area is 147 Å². The molecule has 0 aliphatic heterocycles. The second-order valence-corrected chi connectivity index (χ2v) is 7.34. The molecule has 0 bridgehead atoms. The molecule has 0 radical (unpaired) electrons. The number of halogens is 1. The van der Waals surface area contributed by atoms with E-state index in [1.54, 1.807) is 18.0 Å². The number of thioether (sulfide) groups is 1. The molecule has 0 aliphatic carbocycles. The first-order chi connectivity index (χ1) is 11.2. The lowest BCUT2D eigenvalue weighted by molar-refractivity contribution is 0.374. The second-order valence-electron chi connectivity index (χ2n) is 5.12. The van der Waals surface area contributed by atoms with E-state index >= 15 is 0 Å². The highest BCUT2D eigenvalue weighted by molar-refractivity contribution is 9.10. The number of rotatable bonds is 6. The summed E-state index contributed by atoms with van der Waals surface area (Å²) in [6.45, 7) is 4.15. The molecule has 0 saturated heterocycles. The van der Waals surface area contributed by atoms with Crippen LogP contribution in [0, 0.1) is 0 Å². The molecule has 7 heteroatoms. The molecule has 0 N–H and O–H groups in total. The lowest BCUT2D eigenvalue weighted by atomic mass is 10.3. The summed E-state index contributed by atoms with van der Waals surface area (Å²) in [5.74, 6) is 1.41. The van der Waals surface area contributed by atoms with Crippen LogP contribution in [-0.2, 0) is 6.42 Å². The topological polar surface area (TPSA) is 56.7 Å². The molecule has 0 saturated carbocycles. The highest BCUT2D eigenvalue weighted by Crippen LogP contribution is 2.34. The van der Waals surface area contributed by atoms with Crippen molar-refractivity contribution >= 4 is 27.7 Å². The second kappa shape index (κ2) is 7.31. The molecule has 5 nitrogen and oxygen atoms in total. The fourth-order valence-electron chi connectivity index (χ4n) is 2.14. The maximum atomic E-state index is 5.36. The number of aryl methyl sites for hydroxylation is 1. The summed E-state index contributed by atoms with van der Waals surface area (Å²) in [4.78, 5) is 8.90. The van der Waals surface area contributed by atoms with E-state index in [1.807, 2.05) is 30.5 Å². The Kier molecular flexibility index (Phi) is 5.17. The van der Waals surface area contributed by atoms with E-state index in [-0.39, 0.29) is 5.25 Å². The van der Waals surface area contributed by atoms with Crippen molar-refractivity contribution in [2.45, 2.75) is 37.1 Å². The van der Waals surface area contributed by atoms with Gasteiger partial charge in [-0.05, 0) is 37.6 Å². The van der Waals surface area contributed by atoms with Crippen molar-refractivity contribution in [2.75, 3.05) is 0 Å². The van der Waals surface area contributed by atoms with Gasteiger partial charge in [-0.1, -0.05) is 39.8 Å². The molecule has 0 fully saturated rings. The largest absolute Gasteiger partial charge is 0.338 e. The van der Waals surface area contributed by atoms with Gasteiger partial charge in [0.1, 0.15) is 0 Å². The number of hydrogen-bond donors (Lipinski definition) is 0. The van der Waals surface area contributed by atoms with Gasteiger partial charge in [0.05, 0.1) is 5.25 Å². The van der Waals surface area contributed by atoms with Gasteiger partial charge in [0, 0.05) is 29.0 Å². The first-order valence-electron chi connectivity index (χ1n) is 7.45. The quantitative estimate of drug-likeness (QED) is 0.562. The standard InChI is InChI=1S/C16H17BrN4OS/c1-3-4-14-19-15(22-20-14)11(2)23-16-18-9-10-21(16)13-7-5-12(17)6-8-13/h5-11H,3-4H2,1-2H3. The van der Waals surface area contributed by atoms with Crippen molar-refractivity contribution in [3.63, 3.8) is 0 Å². The molecule has 0 amide bonds. The predicted octanol–water partition coefficient (Wildman–Crippen LogP) is 4.82. The maximum absolute atomic E-state index is 5.36. The molecule has 3 aromatic rings. The molecular formula is C16H17BrN4OS. The zero-order valence-electron chi connectivity index (χ0n) is 12.9. The van der Waals surface area contributed by atoms with E-state index in [9.17, 15) is 0 Å². The molecule has 0 spiro atoms. The summed E-state index contributed by atoms with van der Waals surface area (Å²) in [7, 11) is 0. The minimum absolute atomic E-state index is 0.0460. The highest BCUT2D eigenvalue weighted by Gasteiger charge is 2.18. The molecule has 1 atom stereocenters. The first-order valence-corrected chi connectivity index (χ1v) is 9.13. The van der Waals surface area contributed by atoms with Gasteiger partial charge in [0.2, 0.25) is 5.89 Å². The van der Waals surface area contributed by atoms with Crippen molar-refractivity contribution in [1.29, 1.82) is 0 Å². The van der Waals surface area contributed by atoms with Crippen molar-refractivity contribution in [3.8, 4) is 5.69 Å². The smallest absolute Gasteiger partial charge is 0.239 e. The average molecular weight is 393 g/mol. The van der Waals surface area contributed by atoms with Crippen LogP contribution in [0.1, 0.15) is 37.2 Å². The maximum Gasteiger partial charge on any atom is 0.239 e. The van der Waals surface area contributed by atoms with Gasteiger partial charge in [-0.25, -0.2) is 4.98 Å². The summed E-state index contributed by atoms with van der Waals surface area (Å²) in [6.07, 6.45) is 5.60. The van der Waals surface area contributed by atoms with Gasteiger partial charge in [-0.15, -0.1) is 0 Å². The van der Waals surface area contributed by atoms with E-state index in [0.717, 1.165) is 34.0 Å². The van der Waals surface area contributed by atoms with Crippen LogP contribution in [0.5, 0.6) is 0 Å². The third-order valence-electron chi connectivity index (χ3n) is 3.30. The third-order valence-corrected chi connectivity index (χ3v) is 4.90. The lowest BCUT2D eigenvalue weighted by Crippen LogP contribution is -1.97. The minimum Gasteiger partial charge on any atom is -0.338 e. The summed E-state index contributed by atoms with van der Waals surface area (Å²) in [5.41, 5.74) is 1.07. The SMILES string of the molecule is CCCc1noc(C(C)Sc2nccn2-c2ccc(Br)cc2)n1. The molecule has 2 aromatic heterocycles. The van der Waals surface area contributed by atoms with Crippen LogP contribution in [0.25, 0.3) is 5.69 Å². The Morgan fingerprint density at radius 3 is 2.83 bits per heavy atom. The Balaban J connectivity index is 1.77. The Morgan fingerprint density at radius 1 is 1.30 bits per heavy atom. The average Bonchev–Trinajstić information content (AvgIpc) is 3.18. The van der Waals surface area contributed by atoms with Gasteiger partial charge >= 0.3 is 0 Å². The summed E-state index contributed by atoms with van der Waals surface area (Å²) in [6, 6.07) is 8.13. The number of benzene rings is 1. The zero-order valence-corrected chi connectivity index (χ0v) is 15.3. The first kappa shape index (κ1) is 16.3. The third kappa shape index (κ3) is 3.84. The Hall–Kier alpha value is -1.60. The molecule has 23 heavy (non-hydrogen) atoms. The molecule has 120 valence electrons. The van der Waals surface area contributed by atoms with Crippen LogP contribution < -0.4 is 0 Å². The van der Waals surface area contributed by atoms with Gasteiger partial charge in [-0.2, -0.15) is 4.98 Å². The Morgan fingerprint density at radius 2 is 2.09 bits per heavy atom. The molecule has 1 aromatic carbocycles. The van der Waals surface area contributed by atoms with Crippen LogP contribution in [0.15, 0.2) is 50.8 Å². The molecule has 2 heterocycles. The molecule has 0 aliphatic rings. The van der Waals surface area contributed by atoms with Crippen molar-refractivity contribution in [1.82, 2.24) is 19.7 Å². The lowest BCUT2D eigenvalue weighted by Gasteiger charge is -2.09. The van der Waals surface area contributed by atoms with Crippen LogP contribution in [-0.4, -0.2) is 19.7 Å². The molecule has 1 unspecified atom stereocenters. The summed E-state index contributed by atoms with van der Waals surface area (Å²) >= 11 is 5.06. The van der Waals surface area contributed by atoms with Crippen LogP contribution in [0.4, 0.5) is 0 Å². The zero-order chi connectivity index (χ0) is 16.2. The molecular weight excluding hydrogens is 376 g/mol. The Bertz CT molecular complexity index is 768. The predicted molar refractivity (Wildman–Crippen MR) is 93.8 cm³/mol. The number of nitrogens with zero attached hydrogens (tertiary/aromatic N) is 4. The van der Waals surface area contributed by atoms with E-state index in [0.29, 0.717) is 5.89 Å². The fourth-order valence-corrected chi connectivity index (χ4v) is 3.32. The summed E-state index contributed by atoms with van der Waals surface area (Å²) < 4.78 is 8.47. The highest BCUT2D eigenvalue weighted by atomic mass is 79.9. The van der Waals surface area contributed by atoms with Gasteiger partial charge < -0.3 is 4.52 Å². The summed E-state index contributed by atoms with van der Waals surface area (Å²) in [5, 5.41) is 4.96.